The highest BCUT2D eigenvalue weighted by Gasteiger charge is 2.19. The van der Waals surface area contributed by atoms with Crippen molar-refractivity contribution in [1.29, 1.82) is 0 Å². The monoisotopic (exact) mass is 293 g/mol. The van der Waals surface area contributed by atoms with E-state index in [0.717, 1.165) is 11.3 Å². The number of aliphatic carboxylic acids is 1. The summed E-state index contributed by atoms with van der Waals surface area (Å²) in [5, 5.41) is 8.90. The van der Waals surface area contributed by atoms with E-state index in [1.54, 1.807) is 11.8 Å². The predicted molar refractivity (Wildman–Crippen MR) is 80.3 cm³/mol. The van der Waals surface area contributed by atoms with Crippen LogP contribution in [0.3, 0.4) is 0 Å². The minimum absolute atomic E-state index is 0.0850. The number of amides is 1. The van der Waals surface area contributed by atoms with Gasteiger partial charge < -0.3 is 14.7 Å². The third kappa shape index (κ3) is 5.85. The third-order valence-electron chi connectivity index (χ3n) is 3.22. The molecule has 0 fully saturated rings. The van der Waals surface area contributed by atoms with E-state index in [4.69, 9.17) is 9.84 Å². The highest BCUT2D eigenvalue weighted by Crippen LogP contribution is 2.12. The Morgan fingerprint density at radius 1 is 1.38 bits per heavy atom. The van der Waals surface area contributed by atoms with Crippen LogP contribution < -0.4 is 4.74 Å². The van der Waals surface area contributed by atoms with E-state index in [0.29, 0.717) is 13.2 Å². The van der Waals surface area contributed by atoms with Crippen molar-refractivity contribution in [1.82, 2.24) is 4.90 Å². The van der Waals surface area contributed by atoms with Gasteiger partial charge in [-0.3, -0.25) is 9.59 Å². The normalized spacial score (nSPS) is 11.8. The number of aryl methyl sites for hydroxylation is 1. The number of rotatable bonds is 8. The first-order valence-electron chi connectivity index (χ1n) is 7.14. The number of carboxylic acids is 1. The van der Waals surface area contributed by atoms with Gasteiger partial charge in [-0.25, -0.2) is 0 Å². The Hall–Kier alpha value is -2.04. The maximum Gasteiger partial charge on any atom is 0.308 e. The number of hydrogen-bond donors (Lipinski definition) is 1. The van der Waals surface area contributed by atoms with Gasteiger partial charge in [0.1, 0.15) is 5.75 Å². The lowest BCUT2D eigenvalue weighted by Crippen LogP contribution is -2.37. The van der Waals surface area contributed by atoms with Crippen LogP contribution in [0.25, 0.3) is 0 Å². The Balaban J connectivity index is 2.42. The standard InChI is InChI=1S/C16H23NO4/c1-4-17(11-13(3)16(19)20)15(18)8-9-21-14-7-5-6-12(2)10-14/h5-7,10,13H,4,8-9,11H2,1-3H3,(H,19,20). The number of carboxylic acid groups (broad SMARTS) is 1. The summed E-state index contributed by atoms with van der Waals surface area (Å²) in [5.74, 6) is -0.799. The van der Waals surface area contributed by atoms with Crippen LogP contribution in [0.2, 0.25) is 0 Å². The van der Waals surface area contributed by atoms with Gasteiger partial charge >= 0.3 is 5.97 Å². The molecule has 5 heteroatoms. The summed E-state index contributed by atoms with van der Waals surface area (Å²) < 4.78 is 5.54. The maximum absolute atomic E-state index is 12.0. The minimum Gasteiger partial charge on any atom is -0.493 e. The molecule has 1 unspecified atom stereocenters. The number of hydrogen-bond acceptors (Lipinski definition) is 3. The van der Waals surface area contributed by atoms with Crippen molar-refractivity contribution in [3.63, 3.8) is 0 Å². The Morgan fingerprint density at radius 3 is 2.67 bits per heavy atom. The van der Waals surface area contributed by atoms with Gasteiger partial charge in [0.05, 0.1) is 18.9 Å². The third-order valence-corrected chi connectivity index (χ3v) is 3.22. The van der Waals surface area contributed by atoms with E-state index in [9.17, 15) is 9.59 Å². The lowest BCUT2D eigenvalue weighted by atomic mass is 10.1. The number of carbonyl (C=O) groups is 2. The second-order valence-electron chi connectivity index (χ2n) is 5.09. The summed E-state index contributed by atoms with van der Waals surface area (Å²) in [7, 11) is 0. The molecule has 0 aliphatic rings. The zero-order valence-corrected chi connectivity index (χ0v) is 12.8. The van der Waals surface area contributed by atoms with Crippen LogP contribution in [0, 0.1) is 12.8 Å². The molecule has 1 atom stereocenters. The highest BCUT2D eigenvalue weighted by atomic mass is 16.5. The van der Waals surface area contributed by atoms with Gasteiger partial charge in [-0.2, -0.15) is 0 Å². The van der Waals surface area contributed by atoms with Crippen molar-refractivity contribution in [3.8, 4) is 5.75 Å². The molecule has 0 saturated carbocycles. The van der Waals surface area contributed by atoms with Crippen molar-refractivity contribution in [3.05, 3.63) is 29.8 Å². The molecule has 1 amide bonds. The van der Waals surface area contributed by atoms with Crippen molar-refractivity contribution >= 4 is 11.9 Å². The second kappa shape index (κ2) is 8.29. The van der Waals surface area contributed by atoms with Crippen LogP contribution >= 0.6 is 0 Å². The molecule has 0 spiro atoms. The lowest BCUT2D eigenvalue weighted by molar-refractivity contribution is -0.143. The number of carbonyl (C=O) groups excluding carboxylic acids is 1. The highest BCUT2D eigenvalue weighted by molar-refractivity contribution is 5.77. The summed E-state index contributed by atoms with van der Waals surface area (Å²) in [5.41, 5.74) is 1.10. The zero-order valence-electron chi connectivity index (χ0n) is 12.8. The fourth-order valence-electron chi connectivity index (χ4n) is 1.94. The first kappa shape index (κ1) is 17.0. The Kier molecular flexibility index (Phi) is 6.72. The number of ether oxygens (including phenoxy) is 1. The van der Waals surface area contributed by atoms with E-state index >= 15 is 0 Å². The molecule has 0 radical (unpaired) electrons. The van der Waals surface area contributed by atoms with Crippen molar-refractivity contribution in [2.75, 3.05) is 19.7 Å². The van der Waals surface area contributed by atoms with Crippen LogP contribution in [0.5, 0.6) is 5.75 Å². The van der Waals surface area contributed by atoms with Gasteiger partial charge in [0.15, 0.2) is 0 Å². The van der Waals surface area contributed by atoms with Crippen molar-refractivity contribution in [2.45, 2.75) is 27.2 Å². The predicted octanol–water partition coefficient (Wildman–Crippen LogP) is 2.33. The molecular weight excluding hydrogens is 270 g/mol. The quantitative estimate of drug-likeness (QED) is 0.799. The second-order valence-corrected chi connectivity index (χ2v) is 5.09. The van der Waals surface area contributed by atoms with Crippen LogP contribution in [0.15, 0.2) is 24.3 Å². The zero-order chi connectivity index (χ0) is 15.8. The van der Waals surface area contributed by atoms with Gasteiger partial charge in [0.25, 0.3) is 0 Å². The number of nitrogens with zero attached hydrogens (tertiary/aromatic N) is 1. The first-order chi connectivity index (χ1) is 9.93. The molecule has 1 aromatic rings. The Morgan fingerprint density at radius 2 is 2.10 bits per heavy atom. The molecule has 116 valence electrons. The molecule has 0 aliphatic carbocycles. The van der Waals surface area contributed by atoms with Crippen LogP contribution in [-0.4, -0.2) is 41.6 Å². The van der Waals surface area contributed by atoms with Crippen molar-refractivity contribution < 1.29 is 19.4 Å². The molecule has 1 N–H and O–H groups in total. The maximum atomic E-state index is 12.0. The average molecular weight is 293 g/mol. The molecule has 0 heterocycles. The van der Waals surface area contributed by atoms with E-state index in [2.05, 4.69) is 0 Å². The minimum atomic E-state index is -0.891. The summed E-state index contributed by atoms with van der Waals surface area (Å²) >= 11 is 0. The molecule has 0 bridgehead atoms. The first-order valence-corrected chi connectivity index (χ1v) is 7.14. The molecule has 1 aromatic carbocycles. The van der Waals surface area contributed by atoms with E-state index < -0.39 is 11.9 Å². The fraction of sp³-hybridized carbons (Fsp3) is 0.500. The average Bonchev–Trinajstić information content (AvgIpc) is 2.44. The van der Waals surface area contributed by atoms with Gasteiger partial charge in [-0.1, -0.05) is 19.1 Å². The topological polar surface area (TPSA) is 66.8 Å². The van der Waals surface area contributed by atoms with Gasteiger partial charge in [0.2, 0.25) is 5.91 Å². The van der Waals surface area contributed by atoms with Crippen LogP contribution in [-0.2, 0) is 9.59 Å². The summed E-state index contributed by atoms with van der Waals surface area (Å²) in [6.45, 7) is 6.44. The Labute approximate surface area is 125 Å². The van der Waals surface area contributed by atoms with Crippen LogP contribution in [0.1, 0.15) is 25.8 Å². The summed E-state index contributed by atoms with van der Waals surface area (Å²) in [4.78, 5) is 24.4. The fourth-order valence-corrected chi connectivity index (χ4v) is 1.94. The molecule has 1 rings (SSSR count). The largest absolute Gasteiger partial charge is 0.493 e. The van der Waals surface area contributed by atoms with Crippen molar-refractivity contribution in [2.24, 2.45) is 5.92 Å². The van der Waals surface area contributed by atoms with Gasteiger partial charge in [-0.05, 0) is 31.5 Å². The van der Waals surface area contributed by atoms with Crippen LogP contribution in [0.4, 0.5) is 0 Å². The van der Waals surface area contributed by atoms with E-state index in [1.165, 1.54) is 0 Å². The van der Waals surface area contributed by atoms with E-state index in [-0.39, 0.29) is 18.9 Å². The number of benzene rings is 1. The summed E-state index contributed by atoms with van der Waals surface area (Å²) in [6, 6.07) is 7.64. The molecular formula is C16H23NO4. The molecule has 21 heavy (non-hydrogen) atoms. The SMILES string of the molecule is CCN(CC(C)C(=O)O)C(=O)CCOc1cccc(C)c1. The van der Waals surface area contributed by atoms with E-state index in [1.807, 2.05) is 38.1 Å². The Bertz CT molecular complexity index is 487. The molecule has 0 saturated heterocycles. The lowest BCUT2D eigenvalue weighted by Gasteiger charge is -2.23. The summed E-state index contributed by atoms with van der Waals surface area (Å²) in [6.07, 6.45) is 0.244. The van der Waals surface area contributed by atoms with Gasteiger partial charge in [-0.15, -0.1) is 0 Å². The van der Waals surface area contributed by atoms with Gasteiger partial charge in [0, 0.05) is 13.1 Å². The molecule has 5 nitrogen and oxygen atoms in total. The smallest absolute Gasteiger partial charge is 0.308 e. The molecule has 0 aromatic heterocycles. The molecule has 0 aliphatic heterocycles.